The summed E-state index contributed by atoms with van der Waals surface area (Å²) in [4.78, 5) is 44.6. The maximum atomic E-state index is 13.4. The monoisotopic (exact) mass is 520 g/mol. The molecule has 0 aliphatic rings. The van der Waals surface area contributed by atoms with Crippen LogP contribution in [0.4, 0.5) is 4.79 Å². The van der Waals surface area contributed by atoms with Crippen LogP contribution in [0.25, 0.3) is 5.69 Å². The second-order valence-electron chi connectivity index (χ2n) is 10.8. The summed E-state index contributed by atoms with van der Waals surface area (Å²) in [7, 11) is 0. The Kier molecular flexibility index (Phi) is 9.62. The molecule has 0 saturated heterocycles. The van der Waals surface area contributed by atoms with Crippen LogP contribution in [0.1, 0.15) is 66.9 Å². The molecule has 0 spiro atoms. The lowest BCUT2D eigenvalue weighted by Crippen LogP contribution is -2.57. The van der Waals surface area contributed by atoms with E-state index in [4.69, 9.17) is 22.1 Å². The molecule has 0 radical (unpaired) electrons. The van der Waals surface area contributed by atoms with Gasteiger partial charge in [-0.15, -0.1) is 0 Å². The Hall–Kier alpha value is -2.98. The van der Waals surface area contributed by atoms with Crippen molar-refractivity contribution in [2.24, 2.45) is 11.1 Å². The summed E-state index contributed by atoms with van der Waals surface area (Å²) in [6.45, 7) is 12.7. The Morgan fingerprint density at radius 2 is 1.86 bits per heavy atom. The maximum absolute atomic E-state index is 13.4. The molecule has 3 amide bonds. The number of rotatable bonds is 8. The molecule has 0 aliphatic heterocycles. The van der Waals surface area contributed by atoms with Crippen LogP contribution in [-0.2, 0) is 20.9 Å². The number of aromatic nitrogens is 3. The Morgan fingerprint density at radius 1 is 1.19 bits per heavy atom. The minimum absolute atomic E-state index is 0.0788. The van der Waals surface area contributed by atoms with Gasteiger partial charge in [-0.1, -0.05) is 39.3 Å². The largest absolute Gasteiger partial charge is 0.443 e. The summed E-state index contributed by atoms with van der Waals surface area (Å²) < 4.78 is 7.03. The molecule has 2 aromatic rings. The lowest BCUT2D eigenvalue weighted by molar-refractivity contribution is -0.141. The van der Waals surface area contributed by atoms with Gasteiger partial charge in [0.05, 0.1) is 11.7 Å². The number of benzene rings is 1. The van der Waals surface area contributed by atoms with E-state index in [0.717, 1.165) is 4.90 Å². The standard InChI is InChI=1S/C25H37ClN6O4/c1-8-19(32(23(35)36-25(5,6)7)22(34)18(27)12-24(2,3)4)21(33)29-13-16-11-17(26)9-10-20(16)31-15-28-14-30-31/h9-11,14-15,18-19H,8,12-13,27H2,1-7H3,(H,29,33)/t18-,19+/m1/s1. The first-order chi connectivity index (χ1) is 16.6. The molecule has 1 aromatic heterocycles. The summed E-state index contributed by atoms with van der Waals surface area (Å²) in [5, 5.41) is 7.43. The molecule has 1 aromatic carbocycles. The number of carbonyl (C=O) groups is 3. The van der Waals surface area contributed by atoms with Crippen molar-refractivity contribution in [2.45, 2.75) is 85.5 Å². The number of halogens is 1. The average molecular weight is 521 g/mol. The lowest BCUT2D eigenvalue weighted by atomic mass is 9.88. The highest BCUT2D eigenvalue weighted by atomic mass is 35.5. The van der Waals surface area contributed by atoms with Crippen molar-refractivity contribution >= 4 is 29.5 Å². The van der Waals surface area contributed by atoms with Crippen molar-refractivity contribution in [3.8, 4) is 5.69 Å². The number of nitrogens with two attached hydrogens (primary N) is 1. The highest BCUT2D eigenvalue weighted by molar-refractivity contribution is 6.30. The number of nitrogens with zero attached hydrogens (tertiary/aromatic N) is 4. The van der Waals surface area contributed by atoms with Crippen molar-refractivity contribution in [2.75, 3.05) is 0 Å². The van der Waals surface area contributed by atoms with Gasteiger partial charge in [0.1, 0.15) is 24.3 Å². The van der Waals surface area contributed by atoms with E-state index in [2.05, 4.69) is 15.4 Å². The third-order valence-corrected chi connectivity index (χ3v) is 5.37. The topological polar surface area (TPSA) is 132 Å². The third kappa shape index (κ3) is 8.30. The number of hydrogen-bond acceptors (Lipinski definition) is 7. The molecule has 0 unspecified atom stereocenters. The van der Waals surface area contributed by atoms with Gasteiger partial charge >= 0.3 is 6.09 Å². The maximum Gasteiger partial charge on any atom is 0.417 e. The van der Waals surface area contributed by atoms with Crippen molar-refractivity contribution < 1.29 is 19.1 Å². The molecule has 3 N–H and O–H groups in total. The number of imide groups is 1. The Bertz CT molecular complexity index is 1060. The highest BCUT2D eigenvalue weighted by Gasteiger charge is 2.39. The van der Waals surface area contributed by atoms with Gasteiger partial charge in [0, 0.05) is 11.6 Å². The molecule has 2 atom stereocenters. The summed E-state index contributed by atoms with van der Waals surface area (Å²) >= 11 is 6.18. The van der Waals surface area contributed by atoms with Crippen molar-refractivity contribution in [1.82, 2.24) is 25.0 Å². The fourth-order valence-corrected chi connectivity index (χ4v) is 3.84. The van der Waals surface area contributed by atoms with Crippen LogP contribution in [0.2, 0.25) is 5.02 Å². The van der Waals surface area contributed by atoms with Crippen LogP contribution < -0.4 is 11.1 Å². The van der Waals surface area contributed by atoms with Gasteiger partial charge in [0.15, 0.2) is 0 Å². The van der Waals surface area contributed by atoms with Crippen LogP contribution in [0.15, 0.2) is 30.9 Å². The molecule has 2 rings (SSSR count). The summed E-state index contributed by atoms with van der Waals surface area (Å²) in [6, 6.07) is 3.07. The lowest BCUT2D eigenvalue weighted by Gasteiger charge is -2.33. The van der Waals surface area contributed by atoms with Gasteiger partial charge in [0.2, 0.25) is 11.8 Å². The van der Waals surface area contributed by atoms with E-state index in [1.807, 2.05) is 20.8 Å². The third-order valence-electron chi connectivity index (χ3n) is 5.14. The first-order valence-corrected chi connectivity index (χ1v) is 12.2. The molecule has 1 heterocycles. The minimum atomic E-state index is -1.12. The average Bonchev–Trinajstić information content (AvgIpc) is 3.27. The molecule has 0 aliphatic carbocycles. The van der Waals surface area contributed by atoms with Crippen LogP contribution in [0, 0.1) is 5.41 Å². The van der Waals surface area contributed by atoms with E-state index in [1.54, 1.807) is 50.6 Å². The van der Waals surface area contributed by atoms with Crippen molar-refractivity contribution in [3.05, 3.63) is 41.4 Å². The number of nitrogens with one attached hydrogen (secondary N) is 1. The predicted octanol–water partition coefficient (Wildman–Crippen LogP) is 3.84. The van der Waals surface area contributed by atoms with E-state index in [-0.39, 0.29) is 18.4 Å². The molecule has 11 heteroatoms. The summed E-state index contributed by atoms with van der Waals surface area (Å²) in [5.41, 5.74) is 6.42. The van der Waals surface area contributed by atoms with E-state index in [0.29, 0.717) is 22.7 Å². The van der Waals surface area contributed by atoms with E-state index >= 15 is 0 Å². The molecule has 0 bridgehead atoms. The zero-order chi connectivity index (χ0) is 27.3. The summed E-state index contributed by atoms with van der Waals surface area (Å²) in [6.07, 6.45) is 2.51. The number of hydrogen-bond donors (Lipinski definition) is 2. The SMILES string of the molecule is CC[C@@H](C(=O)NCc1cc(Cl)ccc1-n1cncn1)N(C(=O)OC(C)(C)C)C(=O)[C@H](N)CC(C)(C)C. The smallest absolute Gasteiger partial charge is 0.417 e. The van der Waals surface area contributed by atoms with Crippen LogP contribution >= 0.6 is 11.6 Å². The van der Waals surface area contributed by atoms with Crippen molar-refractivity contribution in [3.63, 3.8) is 0 Å². The van der Waals surface area contributed by atoms with Crippen molar-refractivity contribution in [1.29, 1.82) is 0 Å². The van der Waals surface area contributed by atoms with Crippen LogP contribution in [0.3, 0.4) is 0 Å². The quantitative estimate of drug-likeness (QED) is 0.540. The zero-order valence-corrected chi connectivity index (χ0v) is 22.8. The predicted molar refractivity (Wildman–Crippen MR) is 137 cm³/mol. The van der Waals surface area contributed by atoms with Gasteiger partial charge < -0.3 is 15.8 Å². The van der Waals surface area contributed by atoms with E-state index < -0.39 is 35.6 Å². The zero-order valence-electron chi connectivity index (χ0n) is 22.0. The van der Waals surface area contributed by atoms with Gasteiger partial charge in [-0.05, 0) is 62.8 Å². The second kappa shape index (κ2) is 11.8. The normalized spacial score (nSPS) is 13.6. The molecule has 198 valence electrons. The van der Waals surface area contributed by atoms with Gasteiger partial charge in [0.25, 0.3) is 0 Å². The van der Waals surface area contributed by atoms with Gasteiger partial charge in [-0.25, -0.2) is 19.4 Å². The van der Waals surface area contributed by atoms with Gasteiger partial charge in [-0.3, -0.25) is 9.59 Å². The summed E-state index contributed by atoms with van der Waals surface area (Å²) in [5.74, 6) is -1.18. The van der Waals surface area contributed by atoms with Gasteiger partial charge in [-0.2, -0.15) is 5.10 Å². The fourth-order valence-electron chi connectivity index (χ4n) is 3.64. The van der Waals surface area contributed by atoms with Crippen LogP contribution in [0.5, 0.6) is 0 Å². The first kappa shape index (κ1) is 29.3. The molecule has 10 nitrogen and oxygen atoms in total. The Balaban J connectivity index is 2.32. The molecule has 0 fully saturated rings. The highest BCUT2D eigenvalue weighted by Crippen LogP contribution is 2.23. The Labute approximate surface area is 217 Å². The molecular weight excluding hydrogens is 484 g/mol. The first-order valence-electron chi connectivity index (χ1n) is 11.9. The number of ether oxygens (including phenoxy) is 1. The molecule has 36 heavy (non-hydrogen) atoms. The fraction of sp³-hybridized carbons (Fsp3) is 0.560. The molecular formula is C25H37ClN6O4. The van der Waals surface area contributed by atoms with Crippen LogP contribution in [-0.4, -0.2) is 55.3 Å². The number of amides is 3. The van der Waals surface area contributed by atoms with E-state index in [1.165, 1.54) is 12.7 Å². The molecule has 0 saturated carbocycles. The van der Waals surface area contributed by atoms with E-state index in [9.17, 15) is 14.4 Å². The second-order valence-corrected chi connectivity index (χ2v) is 11.3. The Morgan fingerprint density at radius 3 is 2.39 bits per heavy atom. The minimum Gasteiger partial charge on any atom is -0.443 e. The number of carbonyl (C=O) groups excluding carboxylic acids is 3.